The van der Waals surface area contributed by atoms with E-state index in [0.29, 0.717) is 28.8 Å². The molecule has 0 bridgehead atoms. The number of methoxy groups -OCH3 is 2. The van der Waals surface area contributed by atoms with Crippen LogP contribution in [0.25, 0.3) is 16.5 Å². The highest BCUT2D eigenvalue weighted by Gasteiger charge is 2.32. The molecule has 8 heteroatoms. The van der Waals surface area contributed by atoms with Crippen molar-refractivity contribution in [2.24, 2.45) is 0 Å². The maximum atomic E-state index is 13.5. The summed E-state index contributed by atoms with van der Waals surface area (Å²) in [5.41, 5.74) is 2.64. The number of aryl methyl sites for hydroxylation is 1. The van der Waals surface area contributed by atoms with Crippen LogP contribution in [-0.4, -0.2) is 56.2 Å². The molecule has 1 aliphatic rings. The lowest BCUT2D eigenvalue weighted by Crippen LogP contribution is -2.40. The van der Waals surface area contributed by atoms with Crippen LogP contribution in [0.15, 0.2) is 66.4 Å². The van der Waals surface area contributed by atoms with Crippen molar-refractivity contribution >= 4 is 34.3 Å². The number of rotatable bonds is 10. The summed E-state index contributed by atoms with van der Waals surface area (Å²) in [5, 5.41) is 4.28. The molecule has 1 aliphatic heterocycles. The Bertz CT molecular complexity index is 1380. The number of esters is 2. The van der Waals surface area contributed by atoms with Gasteiger partial charge in [0.15, 0.2) is 11.8 Å². The first-order chi connectivity index (χ1) is 18.4. The van der Waals surface area contributed by atoms with Gasteiger partial charge in [-0.1, -0.05) is 61.9 Å². The number of hydrogen-bond acceptors (Lipinski definition) is 7. The summed E-state index contributed by atoms with van der Waals surface area (Å²) < 4.78 is 16.2. The summed E-state index contributed by atoms with van der Waals surface area (Å²) >= 11 is 0. The van der Waals surface area contributed by atoms with Gasteiger partial charge in [-0.2, -0.15) is 0 Å². The molecule has 0 radical (unpaired) electrons. The predicted molar refractivity (Wildman–Crippen MR) is 144 cm³/mol. The fraction of sp³-hybridized carbons (Fsp3) is 0.300. The molecule has 0 saturated carbocycles. The largest absolute Gasteiger partial charge is 0.497 e. The second-order valence-corrected chi connectivity index (χ2v) is 9.09. The van der Waals surface area contributed by atoms with Crippen LogP contribution < -0.4 is 10.1 Å². The predicted octanol–water partition coefficient (Wildman–Crippen LogP) is 4.46. The van der Waals surface area contributed by atoms with Crippen LogP contribution in [0.4, 0.5) is 0 Å². The Morgan fingerprint density at radius 3 is 2.34 bits per heavy atom. The van der Waals surface area contributed by atoms with E-state index in [9.17, 15) is 14.4 Å². The molecule has 1 atom stereocenters. The zero-order valence-electron chi connectivity index (χ0n) is 22.1. The van der Waals surface area contributed by atoms with Crippen LogP contribution >= 0.6 is 0 Å². The van der Waals surface area contributed by atoms with Gasteiger partial charge in [0.25, 0.3) is 5.91 Å². The van der Waals surface area contributed by atoms with E-state index in [1.165, 1.54) is 14.2 Å². The Hall–Kier alpha value is -4.33. The number of ether oxygens (including phenoxy) is 3. The van der Waals surface area contributed by atoms with E-state index in [0.717, 1.165) is 29.6 Å². The first-order valence-electron chi connectivity index (χ1n) is 12.6. The molecule has 4 rings (SSSR count). The van der Waals surface area contributed by atoms with Crippen molar-refractivity contribution in [3.63, 3.8) is 0 Å². The first-order valence-corrected chi connectivity index (χ1v) is 12.6. The van der Waals surface area contributed by atoms with Gasteiger partial charge in [-0.3, -0.25) is 4.79 Å². The van der Waals surface area contributed by atoms with Crippen molar-refractivity contribution in [3.8, 4) is 5.75 Å². The van der Waals surface area contributed by atoms with E-state index < -0.39 is 23.9 Å². The zero-order valence-corrected chi connectivity index (χ0v) is 22.1. The number of nitrogens with zero attached hydrogens (tertiary/aromatic N) is 1. The number of nitrogens with one attached hydrogen (secondary N) is 1. The summed E-state index contributed by atoms with van der Waals surface area (Å²) in [5.74, 6) is -1.41. The molecule has 1 fully saturated rings. The van der Waals surface area contributed by atoms with E-state index in [1.54, 1.807) is 6.07 Å². The van der Waals surface area contributed by atoms with Gasteiger partial charge in [0.2, 0.25) is 0 Å². The zero-order chi connectivity index (χ0) is 27.2. The van der Waals surface area contributed by atoms with Gasteiger partial charge >= 0.3 is 11.9 Å². The fourth-order valence-electron chi connectivity index (χ4n) is 4.36. The highest BCUT2D eigenvalue weighted by molar-refractivity contribution is 6.07. The number of hydrogen-bond donors (Lipinski definition) is 1. The highest BCUT2D eigenvalue weighted by atomic mass is 16.5. The summed E-state index contributed by atoms with van der Waals surface area (Å²) in [6, 6.07) is 18.4. The number of fused-ring (bicyclic) bond motifs is 1. The summed E-state index contributed by atoms with van der Waals surface area (Å²) in [7, 11) is 2.79. The molecule has 1 unspecified atom stereocenters. The monoisotopic (exact) mass is 516 g/mol. The van der Waals surface area contributed by atoms with Gasteiger partial charge in [-0.05, 0) is 41.8 Å². The Labute approximate surface area is 222 Å². The third-order valence-electron chi connectivity index (χ3n) is 6.42. The van der Waals surface area contributed by atoms with Crippen LogP contribution in [-0.2, 0) is 19.1 Å². The molecule has 198 valence electrons. The van der Waals surface area contributed by atoms with Gasteiger partial charge in [0.1, 0.15) is 5.75 Å². The highest BCUT2D eigenvalue weighted by Crippen LogP contribution is 2.30. The van der Waals surface area contributed by atoms with E-state index in [4.69, 9.17) is 14.2 Å². The van der Waals surface area contributed by atoms with Crippen molar-refractivity contribution in [2.45, 2.75) is 32.8 Å². The Morgan fingerprint density at radius 2 is 1.71 bits per heavy atom. The van der Waals surface area contributed by atoms with Gasteiger partial charge < -0.3 is 24.4 Å². The molecule has 1 saturated heterocycles. The molecule has 0 aromatic heterocycles. The average Bonchev–Trinajstić information content (AvgIpc) is 3.77. The standard InChI is InChI=1S/C30H32N2O6/c1-5-10-25(38-29(34)24-18-21(36-3)17-23-19(2)11-9-14-22(23)24)28(33)31-26(30(35)37-4)27(32-15-16-32)20-12-7-6-8-13-20/h6-9,11-14,17-18,25H,5,10,15-16H2,1-4H3,(H,31,33)/b27-26-. The minimum absolute atomic E-state index is 0.0146. The molecule has 0 spiro atoms. The lowest BCUT2D eigenvalue weighted by atomic mass is 10.00. The van der Waals surface area contributed by atoms with Crippen molar-refractivity contribution in [1.82, 2.24) is 10.2 Å². The molecule has 3 aromatic carbocycles. The van der Waals surface area contributed by atoms with Crippen LogP contribution in [0.2, 0.25) is 0 Å². The van der Waals surface area contributed by atoms with Gasteiger partial charge in [0.05, 0.1) is 25.5 Å². The molecule has 0 aliphatic carbocycles. The van der Waals surface area contributed by atoms with Gasteiger partial charge in [-0.25, -0.2) is 9.59 Å². The smallest absolute Gasteiger partial charge is 0.356 e. The number of amides is 1. The second kappa shape index (κ2) is 11.8. The van der Waals surface area contributed by atoms with Crippen molar-refractivity contribution in [3.05, 3.63) is 83.1 Å². The van der Waals surface area contributed by atoms with Crippen LogP contribution in [0.5, 0.6) is 5.75 Å². The summed E-state index contributed by atoms with van der Waals surface area (Å²) in [6.07, 6.45) is -0.264. The topological polar surface area (TPSA) is 93.9 Å². The molecule has 38 heavy (non-hydrogen) atoms. The first kappa shape index (κ1) is 26.7. The third kappa shape index (κ3) is 5.80. The number of benzene rings is 3. The maximum Gasteiger partial charge on any atom is 0.356 e. The molecular formula is C30H32N2O6. The Kier molecular flexibility index (Phi) is 8.31. The van der Waals surface area contributed by atoms with Gasteiger partial charge in [-0.15, -0.1) is 0 Å². The average molecular weight is 517 g/mol. The number of carbonyl (C=O) groups is 3. The quantitative estimate of drug-likeness (QED) is 0.242. The Balaban J connectivity index is 1.66. The van der Waals surface area contributed by atoms with E-state index in [-0.39, 0.29) is 12.1 Å². The van der Waals surface area contributed by atoms with Crippen LogP contribution in [0.3, 0.4) is 0 Å². The van der Waals surface area contributed by atoms with Crippen LogP contribution in [0.1, 0.15) is 41.3 Å². The molecule has 1 N–H and O–H groups in total. The summed E-state index contributed by atoms with van der Waals surface area (Å²) in [4.78, 5) is 41.7. The molecule has 1 heterocycles. The Morgan fingerprint density at radius 1 is 0.974 bits per heavy atom. The van der Waals surface area contributed by atoms with E-state index >= 15 is 0 Å². The van der Waals surface area contributed by atoms with Gasteiger partial charge in [0, 0.05) is 18.7 Å². The normalized spacial score (nSPS) is 13.8. The fourth-order valence-corrected chi connectivity index (χ4v) is 4.36. The molecule has 1 amide bonds. The third-order valence-corrected chi connectivity index (χ3v) is 6.42. The molecule has 8 nitrogen and oxygen atoms in total. The molecule has 3 aromatic rings. The van der Waals surface area contributed by atoms with Crippen LogP contribution in [0, 0.1) is 6.92 Å². The summed E-state index contributed by atoms with van der Waals surface area (Å²) in [6.45, 7) is 5.33. The maximum absolute atomic E-state index is 13.5. The number of carbonyl (C=O) groups excluding carboxylic acids is 3. The lowest BCUT2D eigenvalue weighted by Gasteiger charge is -2.21. The lowest BCUT2D eigenvalue weighted by molar-refractivity contribution is -0.139. The van der Waals surface area contributed by atoms with E-state index in [2.05, 4.69) is 5.32 Å². The van der Waals surface area contributed by atoms with Crippen molar-refractivity contribution in [2.75, 3.05) is 27.3 Å². The molecular weight excluding hydrogens is 484 g/mol. The SMILES string of the molecule is CCCC(OC(=O)c1cc(OC)cc2c(C)cccc12)C(=O)N/C(C(=O)OC)=C(/c1ccccc1)N1CC1. The van der Waals surface area contributed by atoms with Crippen molar-refractivity contribution in [1.29, 1.82) is 0 Å². The minimum atomic E-state index is -1.12. The second-order valence-electron chi connectivity index (χ2n) is 9.09. The van der Waals surface area contributed by atoms with E-state index in [1.807, 2.05) is 73.3 Å². The minimum Gasteiger partial charge on any atom is -0.497 e. The van der Waals surface area contributed by atoms with Crippen molar-refractivity contribution < 1.29 is 28.6 Å².